The molecule has 6 rings (SSSR count). The third-order valence-corrected chi connectivity index (χ3v) is 6.77. The van der Waals surface area contributed by atoms with E-state index in [4.69, 9.17) is 0 Å². The summed E-state index contributed by atoms with van der Waals surface area (Å²) in [5.74, 6) is -0.457. The van der Waals surface area contributed by atoms with E-state index in [1.165, 1.54) is 4.90 Å². The third kappa shape index (κ3) is 1.67. The Labute approximate surface area is 141 Å². The van der Waals surface area contributed by atoms with Gasteiger partial charge in [-0.3, -0.25) is 14.5 Å². The second-order valence-electron chi connectivity index (χ2n) is 9.55. The topological polar surface area (TPSA) is 37.4 Å². The molecule has 2 unspecified atom stereocenters. The lowest BCUT2D eigenvalue weighted by Gasteiger charge is -2.68. The van der Waals surface area contributed by atoms with E-state index in [0.717, 1.165) is 19.3 Å². The number of carbonyl (C=O) groups excluding carboxylic acids is 2. The number of rotatable bonds is 1. The molecule has 1 aromatic rings. The number of hydrogen-bond acceptors (Lipinski definition) is 2. The van der Waals surface area contributed by atoms with Crippen LogP contribution in [-0.2, 0) is 0 Å². The molecule has 126 valence electrons. The fourth-order valence-corrected chi connectivity index (χ4v) is 7.35. The van der Waals surface area contributed by atoms with Crippen molar-refractivity contribution >= 4 is 11.8 Å². The molecule has 1 heterocycles. The Bertz CT molecular complexity index is 712. The van der Waals surface area contributed by atoms with E-state index in [-0.39, 0.29) is 22.6 Å². The molecule has 3 nitrogen and oxygen atoms in total. The maximum absolute atomic E-state index is 15.6. The Morgan fingerprint density at radius 3 is 1.79 bits per heavy atom. The molecule has 5 aliphatic rings. The summed E-state index contributed by atoms with van der Waals surface area (Å²) in [5.41, 5.74) is -1.18. The highest BCUT2D eigenvalue weighted by Gasteiger charge is 2.69. The molecule has 0 aromatic heterocycles. The number of alkyl halides is 1. The zero-order valence-corrected chi connectivity index (χ0v) is 14.2. The van der Waals surface area contributed by atoms with Crippen LogP contribution < -0.4 is 0 Å². The molecular formula is C20H22FNO2. The van der Waals surface area contributed by atoms with Crippen LogP contribution in [0.2, 0.25) is 0 Å². The fourth-order valence-electron chi connectivity index (χ4n) is 7.35. The minimum atomic E-state index is -1.24. The smallest absolute Gasteiger partial charge is 0.262 e. The second kappa shape index (κ2) is 3.92. The van der Waals surface area contributed by atoms with Gasteiger partial charge in [-0.1, -0.05) is 26.0 Å². The molecule has 2 atom stereocenters. The average Bonchev–Trinajstić information content (AvgIpc) is 2.66. The van der Waals surface area contributed by atoms with Gasteiger partial charge < -0.3 is 0 Å². The molecule has 1 aliphatic heterocycles. The first-order valence-electron chi connectivity index (χ1n) is 8.84. The van der Waals surface area contributed by atoms with E-state index in [2.05, 4.69) is 13.8 Å². The fraction of sp³-hybridized carbons (Fsp3) is 0.600. The lowest BCUT2D eigenvalue weighted by molar-refractivity contribution is -0.189. The molecule has 0 spiro atoms. The molecule has 24 heavy (non-hydrogen) atoms. The van der Waals surface area contributed by atoms with Gasteiger partial charge in [0.05, 0.1) is 16.7 Å². The first kappa shape index (κ1) is 14.6. The zero-order chi connectivity index (χ0) is 17.0. The Balaban J connectivity index is 1.65. The minimum Gasteiger partial charge on any atom is -0.269 e. The van der Waals surface area contributed by atoms with Crippen molar-refractivity contribution in [3.8, 4) is 0 Å². The summed E-state index contributed by atoms with van der Waals surface area (Å²) < 4.78 is 15.6. The van der Waals surface area contributed by atoms with Crippen LogP contribution in [0.25, 0.3) is 0 Å². The number of benzene rings is 1. The highest BCUT2D eigenvalue weighted by molar-refractivity contribution is 6.21. The zero-order valence-electron chi connectivity index (χ0n) is 14.2. The normalized spacial score (nSPS) is 45.9. The summed E-state index contributed by atoms with van der Waals surface area (Å²) in [7, 11) is 0. The summed E-state index contributed by atoms with van der Waals surface area (Å²) in [6.07, 6.45) is 3.94. The van der Waals surface area contributed by atoms with Crippen LogP contribution in [0.5, 0.6) is 0 Å². The van der Waals surface area contributed by atoms with Gasteiger partial charge in [0.2, 0.25) is 0 Å². The van der Waals surface area contributed by atoms with Crippen LogP contribution in [0.4, 0.5) is 4.39 Å². The predicted octanol–water partition coefficient (Wildman–Crippen LogP) is 4.12. The second-order valence-corrected chi connectivity index (χ2v) is 9.55. The van der Waals surface area contributed by atoms with Gasteiger partial charge in [0.15, 0.2) is 0 Å². The van der Waals surface area contributed by atoms with Crippen molar-refractivity contribution in [1.29, 1.82) is 0 Å². The van der Waals surface area contributed by atoms with Crippen LogP contribution >= 0.6 is 0 Å². The van der Waals surface area contributed by atoms with Crippen LogP contribution in [0.3, 0.4) is 0 Å². The minimum absolute atomic E-state index is 0.117. The van der Waals surface area contributed by atoms with Gasteiger partial charge in [-0.25, -0.2) is 4.39 Å². The number of imide groups is 1. The van der Waals surface area contributed by atoms with E-state index in [1.807, 2.05) is 0 Å². The Morgan fingerprint density at radius 1 is 0.833 bits per heavy atom. The molecular weight excluding hydrogens is 305 g/mol. The Kier molecular flexibility index (Phi) is 2.39. The van der Waals surface area contributed by atoms with Crippen molar-refractivity contribution in [2.75, 3.05) is 0 Å². The van der Waals surface area contributed by atoms with E-state index in [0.29, 0.717) is 30.4 Å². The van der Waals surface area contributed by atoms with E-state index >= 15 is 4.39 Å². The molecule has 4 saturated carbocycles. The van der Waals surface area contributed by atoms with E-state index in [9.17, 15) is 9.59 Å². The monoisotopic (exact) mass is 327 g/mol. The Morgan fingerprint density at radius 2 is 1.33 bits per heavy atom. The standard InChI is InChI=1S/C20H22FNO2/c1-17-7-18(2)9-19(21,8-17)12-20(10-17,11-18)22-15(23)13-5-3-4-6-14(13)16(22)24/h3-6H,7-12H2,1-2H3. The summed E-state index contributed by atoms with van der Waals surface area (Å²) in [5, 5.41) is 0. The first-order chi connectivity index (χ1) is 11.2. The highest BCUT2D eigenvalue weighted by atomic mass is 19.1. The SMILES string of the molecule is CC12CC3(C)CC(F)(C1)CC(N1C(=O)c4ccccc4C1=O)(C2)C3. The van der Waals surface area contributed by atoms with Crippen molar-refractivity contribution < 1.29 is 14.0 Å². The molecule has 4 fully saturated rings. The molecule has 0 saturated heterocycles. The maximum atomic E-state index is 15.6. The molecule has 0 N–H and O–H groups in total. The van der Waals surface area contributed by atoms with Gasteiger partial charge in [0, 0.05) is 6.42 Å². The summed E-state index contributed by atoms with van der Waals surface area (Å²) >= 11 is 0. The van der Waals surface area contributed by atoms with Crippen molar-refractivity contribution in [2.45, 2.75) is 63.6 Å². The van der Waals surface area contributed by atoms with Crippen molar-refractivity contribution in [3.05, 3.63) is 35.4 Å². The lowest BCUT2D eigenvalue weighted by Crippen LogP contribution is -2.70. The summed E-state index contributed by atoms with van der Waals surface area (Å²) in [4.78, 5) is 27.5. The quantitative estimate of drug-likeness (QED) is 0.728. The molecule has 1 aromatic carbocycles. The van der Waals surface area contributed by atoms with Crippen LogP contribution in [0.15, 0.2) is 24.3 Å². The number of halogens is 1. The van der Waals surface area contributed by atoms with Gasteiger partial charge in [-0.2, -0.15) is 0 Å². The number of hydrogen-bond donors (Lipinski definition) is 0. The third-order valence-electron chi connectivity index (χ3n) is 6.77. The Hall–Kier alpha value is -1.71. The van der Waals surface area contributed by atoms with Gasteiger partial charge in [0.25, 0.3) is 11.8 Å². The largest absolute Gasteiger partial charge is 0.269 e. The van der Waals surface area contributed by atoms with Gasteiger partial charge in [-0.05, 0) is 55.1 Å². The summed E-state index contributed by atoms with van der Waals surface area (Å²) in [6, 6.07) is 6.99. The van der Waals surface area contributed by atoms with Crippen LogP contribution in [-0.4, -0.2) is 27.9 Å². The maximum Gasteiger partial charge on any atom is 0.262 e. The lowest BCUT2D eigenvalue weighted by atomic mass is 9.41. The molecule has 2 amide bonds. The average molecular weight is 327 g/mol. The van der Waals surface area contributed by atoms with Crippen molar-refractivity contribution in [2.24, 2.45) is 10.8 Å². The van der Waals surface area contributed by atoms with Gasteiger partial charge >= 0.3 is 0 Å². The number of nitrogens with zero attached hydrogens (tertiary/aromatic N) is 1. The molecule has 4 heteroatoms. The number of fused-ring (bicyclic) bond motifs is 1. The van der Waals surface area contributed by atoms with Crippen LogP contribution in [0.1, 0.15) is 73.1 Å². The first-order valence-corrected chi connectivity index (χ1v) is 8.84. The van der Waals surface area contributed by atoms with Gasteiger partial charge in [-0.15, -0.1) is 0 Å². The van der Waals surface area contributed by atoms with E-state index in [1.54, 1.807) is 24.3 Å². The van der Waals surface area contributed by atoms with E-state index < -0.39 is 11.2 Å². The predicted molar refractivity (Wildman–Crippen MR) is 87.4 cm³/mol. The molecule has 4 bridgehead atoms. The highest BCUT2D eigenvalue weighted by Crippen LogP contribution is 2.70. The number of amides is 2. The summed E-state index contributed by atoms with van der Waals surface area (Å²) in [6.45, 7) is 4.29. The van der Waals surface area contributed by atoms with Crippen molar-refractivity contribution in [1.82, 2.24) is 4.90 Å². The molecule has 0 radical (unpaired) electrons. The van der Waals surface area contributed by atoms with Gasteiger partial charge in [0.1, 0.15) is 5.67 Å². The van der Waals surface area contributed by atoms with Crippen LogP contribution in [0, 0.1) is 10.8 Å². The molecule has 4 aliphatic carbocycles. The number of carbonyl (C=O) groups is 2. The van der Waals surface area contributed by atoms with Crippen molar-refractivity contribution in [3.63, 3.8) is 0 Å².